The van der Waals surface area contributed by atoms with Gasteiger partial charge >= 0.3 is 5.97 Å². The number of hydrogen-bond acceptors (Lipinski definition) is 3. The lowest BCUT2D eigenvalue weighted by Crippen LogP contribution is -1.98. The highest BCUT2D eigenvalue weighted by Gasteiger charge is 2.03. The number of benzene rings is 1. The van der Waals surface area contributed by atoms with Crippen LogP contribution in [0.2, 0.25) is 0 Å². The maximum absolute atomic E-state index is 10.6. The molecule has 1 aromatic carbocycles. The van der Waals surface area contributed by atoms with Crippen molar-refractivity contribution in [3.63, 3.8) is 0 Å². The van der Waals surface area contributed by atoms with E-state index in [9.17, 15) is 4.79 Å². The van der Waals surface area contributed by atoms with Crippen molar-refractivity contribution in [2.24, 2.45) is 0 Å². The van der Waals surface area contributed by atoms with Gasteiger partial charge in [0.2, 0.25) is 0 Å². The Morgan fingerprint density at radius 3 is 2.79 bits per heavy atom. The van der Waals surface area contributed by atoms with E-state index in [4.69, 9.17) is 16.1 Å². The molecule has 0 heterocycles. The fourth-order valence-electron chi connectivity index (χ4n) is 0.987. The fraction of sp³-hybridized carbons (Fsp3) is 0. The number of hydrogen-bond donors (Lipinski definition) is 2. The molecule has 0 radical (unpaired) electrons. The Bertz CT molecular complexity index is 430. The van der Waals surface area contributed by atoms with Gasteiger partial charge in [0.15, 0.2) is 0 Å². The lowest BCUT2D eigenvalue weighted by atomic mass is 10.1. The molecule has 0 atom stereocenters. The molecule has 0 aliphatic heterocycles. The van der Waals surface area contributed by atoms with Crippen LogP contribution < -0.4 is 5.73 Å². The Kier molecular flexibility index (Phi) is 2.87. The minimum absolute atomic E-state index is 0.136. The second-order valence-electron chi connectivity index (χ2n) is 2.61. The van der Waals surface area contributed by atoms with Gasteiger partial charge in [0.1, 0.15) is 0 Å². The summed E-state index contributed by atoms with van der Waals surface area (Å²) >= 11 is 0. The predicted octanol–water partition coefficient (Wildman–Crippen LogP) is 1.50. The van der Waals surface area contributed by atoms with E-state index in [0.29, 0.717) is 11.3 Å². The van der Waals surface area contributed by atoms with Crippen LogP contribution in [0.15, 0.2) is 24.3 Å². The Morgan fingerprint density at radius 2 is 2.29 bits per heavy atom. The van der Waals surface area contributed by atoms with Crippen LogP contribution in [0.4, 0.5) is 5.69 Å². The highest BCUT2D eigenvalue weighted by molar-refractivity contribution is 5.89. The van der Waals surface area contributed by atoms with Gasteiger partial charge in [-0.3, -0.25) is 0 Å². The minimum Gasteiger partial charge on any atom is -0.478 e. The highest BCUT2D eigenvalue weighted by Crippen LogP contribution is 2.15. The molecule has 0 saturated heterocycles. The van der Waals surface area contributed by atoms with Crippen LogP contribution in [0.1, 0.15) is 15.9 Å². The number of nitriles is 1. The van der Waals surface area contributed by atoms with E-state index in [1.54, 1.807) is 6.07 Å². The van der Waals surface area contributed by atoms with E-state index in [1.807, 2.05) is 6.07 Å². The Hall–Kier alpha value is -2.28. The van der Waals surface area contributed by atoms with Crippen LogP contribution in [-0.2, 0) is 0 Å². The van der Waals surface area contributed by atoms with Crippen molar-refractivity contribution in [3.05, 3.63) is 35.4 Å². The number of aromatic carboxylic acids is 1. The molecule has 0 aliphatic rings. The topological polar surface area (TPSA) is 87.1 Å². The molecule has 4 nitrogen and oxygen atoms in total. The second-order valence-corrected chi connectivity index (χ2v) is 2.61. The van der Waals surface area contributed by atoms with Gasteiger partial charge in [-0.2, -0.15) is 5.26 Å². The van der Waals surface area contributed by atoms with Crippen LogP contribution in [0.5, 0.6) is 0 Å². The molecule has 14 heavy (non-hydrogen) atoms. The SMILES string of the molecule is N#CC=Cc1ccc(C(=O)O)cc1N. The number of carboxylic acids is 1. The molecule has 0 unspecified atom stereocenters. The van der Waals surface area contributed by atoms with Crippen molar-refractivity contribution < 1.29 is 9.90 Å². The normalized spacial score (nSPS) is 9.93. The van der Waals surface area contributed by atoms with Crippen molar-refractivity contribution in [1.82, 2.24) is 0 Å². The van der Waals surface area contributed by atoms with Crippen LogP contribution in [0.3, 0.4) is 0 Å². The maximum Gasteiger partial charge on any atom is 0.335 e. The summed E-state index contributed by atoms with van der Waals surface area (Å²) in [5, 5.41) is 16.9. The van der Waals surface area contributed by atoms with Crippen molar-refractivity contribution in [2.45, 2.75) is 0 Å². The molecule has 70 valence electrons. The highest BCUT2D eigenvalue weighted by atomic mass is 16.4. The first-order valence-electron chi connectivity index (χ1n) is 3.84. The van der Waals surface area contributed by atoms with E-state index in [2.05, 4.69) is 0 Å². The van der Waals surface area contributed by atoms with Gasteiger partial charge in [0.25, 0.3) is 0 Å². The third-order valence-corrected chi connectivity index (χ3v) is 1.67. The number of nitrogen functional groups attached to an aromatic ring is 1. The summed E-state index contributed by atoms with van der Waals surface area (Å²) in [6.07, 6.45) is 2.81. The van der Waals surface area contributed by atoms with Gasteiger partial charge in [-0.1, -0.05) is 6.07 Å². The van der Waals surface area contributed by atoms with Crippen molar-refractivity contribution in [1.29, 1.82) is 5.26 Å². The van der Waals surface area contributed by atoms with Crippen LogP contribution >= 0.6 is 0 Å². The van der Waals surface area contributed by atoms with E-state index in [-0.39, 0.29) is 5.56 Å². The van der Waals surface area contributed by atoms with Gasteiger partial charge in [-0.05, 0) is 23.8 Å². The molecule has 0 amide bonds. The summed E-state index contributed by atoms with van der Waals surface area (Å²) in [6, 6.07) is 6.19. The van der Waals surface area contributed by atoms with E-state index in [1.165, 1.54) is 24.3 Å². The molecule has 0 aromatic heterocycles. The smallest absolute Gasteiger partial charge is 0.335 e. The van der Waals surface area contributed by atoms with Crippen molar-refractivity contribution in [2.75, 3.05) is 5.73 Å². The van der Waals surface area contributed by atoms with Crippen LogP contribution in [-0.4, -0.2) is 11.1 Å². The Labute approximate surface area is 80.9 Å². The monoisotopic (exact) mass is 188 g/mol. The first kappa shape index (κ1) is 9.81. The average molecular weight is 188 g/mol. The lowest BCUT2D eigenvalue weighted by molar-refractivity contribution is 0.0697. The average Bonchev–Trinajstić information content (AvgIpc) is 2.15. The molecule has 4 heteroatoms. The maximum atomic E-state index is 10.6. The zero-order chi connectivity index (χ0) is 10.6. The molecule has 0 saturated carbocycles. The molecule has 0 spiro atoms. The zero-order valence-corrected chi connectivity index (χ0v) is 7.27. The van der Waals surface area contributed by atoms with Gasteiger partial charge in [0.05, 0.1) is 11.6 Å². The fourth-order valence-corrected chi connectivity index (χ4v) is 0.987. The first-order valence-corrected chi connectivity index (χ1v) is 3.84. The summed E-state index contributed by atoms with van der Waals surface area (Å²) in [5.41, 5.74) is 6.69. The second kappa shape index (κ2) is 4.10. The number of carboxylic acid groups (broad SMARTS) is 1. The molecular weight excluding hydrogens is 180 g/mol. The molecule has 1 rings (SSSR count). The third kappa shape index (κ3) is 2.11. The minimum atomic E-state index is -1.02. The number of nitrogens with zero attached hydrogens (tertiary/aromatic N) is 1. The number of carbonyl (C=O) groups is 1. The molecular formula is C10H8N2O2. The molecule has 0 fully saturated rings. The van der Waals surface area contributed by atoms with Gasteiger partial charge in [-0.25, -0.2) is 4.79 Å². The van der Waals surface area contributed by atoms with Crippen LogP contribution in [0, 0.1) is 11.3 Å². The molecule has 0 aliphatic carbocycles. The van der Waals surface area contributed by atoms with Crippen molar-refractivity contribution in [3.8, 4) is 6.07 Å². The van der Waals surface area contributed by atoms with Gasteiger partial charge < -0.3 is 10.8 Å². The lowest BCUT2D eigenvalue weighted by Gasteiger charge is -2.00. The number of anilines is 1. The quantitative estimate of drug-likeness (QED) is 0.543. The molecule has 0 bridgehead atoms. The first-order chi connectivity index (χ1) is 6.65. The van der Waals surface area contributed by atoms with Crippen LogP contribution in [0.25, 0.3) is 6.08 Å². The summed E-state index contributed by atoms with van der Waals surface area (Å²) < 4.78 is 0. The van der Waals surface area contributed by atoms with E-state index in [0.717, 1.165) is 0 Å². The van der Waals surface area contributed by atoms with Gasteiger partial charge in [0, 0.05) is 11.8 Å². The molecule has 1 aromatic rings. The zero-order valence-electron chi connectivity index (χ0n) is 7.27. The van der Waals surface area contributed by atoms with Gasteiger partial charge in [-0.15, -0.1) is 0 Å². The largest absolute Gasteiger partial charge is 0.478 e. The summed E-state index contributed by atoms with van der Waals surface area (Å²) in [5.74, 6) is -1.02. The predicted molar refractivity (Wildman–Crippen MR) is 52.5 cm³/mol. The van der Waals surface area contributed by atoms with E-state index < -0.39 is 5.97 Å². The van der Waals surface area contributed by atoms with Crippen molar-refractivity contribution >= 4 is 17.7 Å². The Balaban J connectivity index is 3.09. The van der Waals surface area contributed by atoms with E-state index >= 15 is 0 Å². The summed E-state index contributed by atoms with van der Waals surface area (Å²) in [7, 11) is 0. The summed E-state index contributed by atoms with van der Waals surface area (Å²) in [4.78, 5) is 10.6. The number of allylic oxidation sites excluding steroid dienone is 1. The summed E-state index contributed by atoms with van der Waals surface area (Å²) in [6.45, 7) is 0. The Morgan fingerprint density at radius 1 is 1.57 bits per heavy atom. The standard InChI is InChI=1S/C10H8N2O2/c11-5-1-2-7-3-4-8(10(13)14)6-9(7)12/h1-4,6H,12H2,(H,13,14). The number of rotatable bonds is 2. The molecule has 3 N–H and O–H groups in total. The third-order valence-electron chi connectivity index (χ3n) is 1.67. The number of nitrogens with two attached hydrogens (primary N) is 1.